The van der Waals surface area contributed by atoms with Gasteiger partial charge in [-0.05, 0) is 18.1 Å². The van der Waals surface area contributed by atoms with Crippen molar-refractivity contribution in [2.75, 3.05) is 0 Å². The molecule has 2 N–H and O–H groups in total. The molecule has 0 aliphatic carbocycles. The predicted molar refractivity (Wildman–Crippen MR) is 64.9 cm³/mol. The molecule has 2 heterocycles. The molecule has 4 heteroatoms. The van der Waals surface area contributed by atoms with E-state index in [0.717, 1.165) is 23.4 Å². The Morgan fingerprint density at radius 1 is 1.50 bits per heavy atom. The molecule has 2 aromatic rings. The molecule has 0 aliphatic heterocycles. The fourth-order valence-electron chi connectivity index (χ4n) is 1.85. The first-order valence-corrected chi connectivity index (χ1v) is 5.68. The molecule has 16 heavy (non-hydrogen) atoms. The van der Waals surface area contributed by atoms with Crippen LogP contribution in [0.25, 0.3) is 11.2 Å². The van der Waals surface area contributed by atoms with E-state index in [0.29, 0.717) is 5.92 Å². The summed E-state index contributed by atoms with van der Waals surface area (Å²) >= 11 is 0. The Morgan fingerprint density at radius 3 is 2.88 bits per heavy atom. The minimum Gasteiger partial charge on any atom is -0.321 e. The number of hydrogen-bond acceptors (Lipinski definition) is 3. The molecule has 0 radical (unpaired) electrons. The third-order valence-electron chi connectivity index (χ3n) is 3.22. The van der Waals surface area contributed by atoms with Gasteiger partial charge in [0.1, 0.15) is 11.3 Å². The number of fused-ring (bicyclic) bond motifs is 1. The van der Waals surface area contributed by atoms with Crippen LogP contribution in [0.4, 0.5) is 0 Å². The highest BCUT2D eigenvalue weighted by atomic mass is 15.1. The van der Waals surface area contributed by atoms with E-state index in [4.69, 9.17) is 5.73 Å². The zero-order valence-corrected chi connectivity index (χ0v) is 10.0. The van der Waals surface area contributed by atoms with Gasteiger partial charge in [-0.2, -0.15) is 0 Å². The molecule has 0 aliphatic rings. The number of pyridine rings is 1. The Bertz CT molecular complexity index is 489. The average Bonchev–Trinajstić information content (AvgIpc) is 2.65. The molecule has 2 unspecified atom stereocenters. The third-order valence-corrected chi connectivity index (χ3v) is 3.22. The second-order valence-corrected chi connectivity index (χ2v) is 4.29. The molecular formula is C12H18N4. The summed E-state index contributed by atoms with van der Waals surface area (Å²) in [5, 5.41) is 0. The monoisotopic (exact) mass is 218 g/mol. The molecule has 2 aromatic heterocycles. The van der Waals surface area contributed by atoms with Gasteiger partial charge < -0.3 is 10.3 Å². The summed E-state index contributed by atoms with van der Waals surface area (Å²) in [6.07, 6.45) is 2.83. The summed E-state index contributed by atoms with van der Waals surface area (Å²) in [5.41, 5.74) is 8.02. The molecule has 0 spiro atoms. The Balaban J connectivity index is 2.49. The maximum Gasteiger partial charge on any atom is 0.159 e. The van der Waals surface area contributed by atoms with Crippen molar-refractivity contribution in [3.8, 4) is 0 Å². The van der Waals surface area contributed by atoms with E-state index in [1.807, 2.05) is 23.7 Å². The molecular weight excluding hydrogens is 200 g/mol. The maximum absolute atomic E-state index is 6.20. The van der Waals surface area contributed by atoms with Crippen LogP contribution in [0.3, 0.4) is 0 Å². The van der Waals surface area contributed by atoms with Crippen molar-refractivity contribution >= 4 is 11.2 Å². The summed E-state index contributed by atoms with van der Waals surface area (Å²) in [6.45, 7) is 4.29. The molecule has 86 valence electrons. The van der Waals surface area contributed by atoms with Crippen LogP contribution in [0.1, 0.15) is 32.1 Å². The largest absolute Gasteiger partial charge is 0.321 e. The Labute approximate surface area is 95.5 Å². The zero-order valence-electron chi connectivity index (χ0n) is 10.0. The minimum atomic E-state index is -0.0239. The first-order valence-electron chi connectivity index (χ1n) is 5.68. The van der Waals surface area contributed by atoms with Gasteiger partial charge in [0.2, 0.25) is 0 Å². The van der Waals surface area contributed by atoms with Crippen LogP contribution in [0.15, 0.2) is 18.3 Å². The fraction of sp³-hybridized carbons (Fsp3) is 0.500. The molecule has 0 aromatic carbocycles. The summed E-state index contributed by atoms with van der Waals surface area (Å²) < 4.78 is 1.99. The highest BCUT2D eigenvalue weighted by Gasteiger charge is 2.19. The number of rotatable bonds is 3. The molecule has 0 fully saturated rings. The maximum atomic E-state index is 6.20. The lowest BCUT2D eigenvalue weighted by atomic mass is 9.99. The van der Waals surface area contributed by atoms with E-state index in [-0.39, 0.29) is 6.04 Å². The third kappa shape index (κ3) is 1.69. The van der Waals surface area contributed by atoms with Crippen LogP contribution in [-0.2, 0) is 7.05 Å². The normalized spacial score (nSPS) is 15.2. The summed E-state index contributed by atoms with van der Waals surface area (Å²) in [6, 6.07) is 3.84. The molecule has 0 saturated carbocycles. The van der Waals surface area contributed by atoms with Crippen LogP contribution >= 0.6 is 0 Å². The first kappa shape index (κ1) is 11.1. The Morgan fingerprint density at radius 2 is 2.25 bits per heavy atom. The number of hydrogen-bond donors (Lipinski definition) is 1. The van der Waals surface area contributed by atoms with Crippen molar-refractivity contribution < 1.29 is 0 Å². The van der Waals surface area contributed by atoms with Crippen molar-refractivity contribution in [2.45, 2.75) is 26.3 Å². The first-order chi connectivity index (χ1) is 7.65. The molecule has 0 bridgehead atoms. The molecule has 0 amide bonds. The number of imidazole rings is 1. The van der Waals surface area contributed by atoms with Crippen molar-refractivity contribution in [3.05, 3.63) is 24.2 Å². The lowest BCUT2D eigenvalue weighted by Gasteiger charge is -2.17. The average molecular weight is 218 g/mol. The Kier molecular flexibility index (Phi) is 2.92. The summed E-state index contributed by atoms with van der Waals surface area (Å²) in [7, 11) is 1.97. The van der Waals surface area contributed by atoms with E-state index in [1.54, 1.807) is 6.20 Å². The predicted octanol–water partition coefficient (Wildman–Crippen LogP) is 2.01. The molecule has 0 saturated heterocycles. The van der Waals surface area contributed by atoms with Crippen molar-refractivity contribution in [1.82, 2.24) is 14.5 Å². The highest BCUT2D eigenvalue weighted by molar-refractivity contribution is 5.71. The zero-order chi connectivity index (χ0) is 11.7. The summed E-state index contributed by atoms with van der Waals surface area (Å²) in [5.74, 6) is 1.35. The smallest absolute Gasteiger partial charge is 0.159 e. The second-order valence-electron chi connectivity index (χ2n) is 4.29. The lowest BCUT2D eigenvalue weighted by molar-refractivity contribution is 0.431. The van der Waals surface area contributed by atoms with Crippen LogP contribution < -0.4 is 5.73 Å². The van der Waals surface area contributed by atoms with Crippen LogP contribution in [-0.4, -0.2) is 14.5 Å². The highest BCUT2D eigenvalue weighted by Crippen LogP contribution is 2.23. The fourth-order valence-corrected chi connectivity index (χ4v) is 1.85. The van der Waals surface area contributed by atoms with Crippen molar-refractivity contribution in [1.29, 1.82) is 0 Å². The van der Waals surface area contributed by atoms with Crippen LogP contribution in [0.2, 0.25) is 0 Å². The van der Waals surface area contributed by atoms with Gasteiger partial charge in [-0.1, -0.05) is 20.3 Å². The number of nitrogens with two attached hydrogens (primary N) is 1. The number of aryl methyl sites for hydroxylation is 1. The van der Waals surface area contributed by atoms with Gasteiger partial charge in [-0.15, -0.1) is 0 Å². The SMILES string of the molecule is CCC(C)C(N)c1nc2cccnc2n1C. The van der Waals surface area contributed by atoms with Crippen LogP contribution in [0, 0.1) is 5.92 Å². The van der Waals surface area contributed by atoms with Gasteiger partial charge in [0.05, 0.1) is 6.04 Å². The Hall–Kier alpha value is -1.42. The van der Waals surface area contributed by atoms with E-state index in [9.17, 15) is 0 Å². The second kappa shape index (κ2) is 4.22. The standard InChI is InChI=1S/C12H18N4/c1-4-8(2)10(13)12-15-9-6-5-7-14-11(9)16(12)3/h5-8,10H,4,13H2,1-3H3. The minimum absolute atomic E-state index is 0.0239. The van der Waals surface area contributed by atoms with Crippen molar-refractivity contribution in [2.24, 2.45) is 18.7 Å². The van der Waals surface area contributed by atoms with Gasteiger partial charge in [0, 0.05) is 13.2 Å². The lowest BCUT2D eigenvalue weighted by Crippen LogP contribution is -2.22. The topological polar surface area (TPSA) is 56.7 Å². The van der Waals surface area contributed by atoms with Gasteiger partial charge in [-0.3, -0.25) is 0 Å². The van der Waals surface area contributed by atoms with Crippen LogP contribution in [0.5, 0.6) is 0 Å². The van der Waals surface area contributed by atoms with E-state index in [2.05, 4.69) is 23.8 Å². The number of aromatic nitrogens is 3. The van der Waals surface area contributed by atoms with E-state index < -0.39 is 0 Å². The van der Waals surface area contributed by atoms with E-state index in [1.165, 1.54) is 0 Å². The van der Waals surface area contributed by atoms with Gasteiger partial charge in [-0.25, -0.2) is 9.97 Å². The van der Waals surface area contributed by atoms with E-state index >= 15 is 0 Å². The number of nitrogens with zero attached hydrogens (tertiary/aromatic N) is 3. The van der Waals surface area contributed by atoms with Crippen molar-refractivity contribution in [3.63, 3.8) is 0 Å². The van der Waals surface area contributed by atoms with Gasteiger partial charge in [0.15, 0.2) is 5.65 Å². The quantitative estimate of drug-likeness (QED) is 0.857. The molecule has 2 atom stereocenters. The molecule has 4 nitrogen and oxygen atoms in total. The van der Waals surface area contributed by atoms with Gasteiger partial charge >= 0.3 is 0 Å². The molecule has 2 rings (SSSR count). The summed E-state index contributed by atoms with van der Waals surface area (Å²) in [4.78, 5) is 8.87. The van der Waals surface area contributed by atoms with Gasteiger partial charge in [0.25, 0.3) is 0 Å².